The monoisotopic (exact) mass is 980 g/mol. The van der Waals surface area contributed by atoms with E-state index in [1.54, 1.807) is 0 Å². The molecule has 3 aromatic carbocycles. The molecule has 5 rings (SSSR count). The average molecular weight is 980 g/mol. The van der Waals surface area contributed by atoms with E-state index in [1.807, 2.05) is 71.9 Å². The van der Waals surface area contributed by atoms with E-state index in [1.165, 1.54) is 24.0 Å². The number of rotatable bonds is 28. The van der Waals surface area contributed by atoms with E-state index in [4.69, 9.17) is 0 Å². The van der Waals surface area contributed by atoms with E-state index >= 15 is 0 Å². The van der Waals surface area contributed by atoms with E-state index in [-0.39, 0.29) is 34.5 Å². The van der Waals surface area contributed by atoms with Gasteiger partial charge < -0.3 is 20.6 Å². The lowest BCUT2D eigenvalue weighted by molar-refractivity contribution is -0.128. The van der Waals surface area contributed by atoms with Crippen molar-refractivity contribution < 1.29 is 19.5 Å². The second-order valence-corrected chi connectivity index (χ2v) is 21.9. The molecule has 0 saturated carbocycles. The number of ketones is 1. The Balaban J connectivity index is 1.70. The number of allylic oxidation sites excluding steroid dienone is 5. The molecule has 3 N–H and O–H groups in total. The van der Waals surface area contributed by atoms with Crippen LogP contribution in [0.4, 0.5) is 22.7 Å². The second-order valence-electron chi connectivity index (χ2n) is 21.9. The van der Waals surface area contributed by atoms with Crippen molar-refractivity contribution in [3.8, 4) is 0 Å². The molecular weight excluding hydrogens is 889 g/mol. The lowest BCUT2D eigenvalue weighted by Crippen LogP contribution is -2.38. The van der Waals surface area contributed by atoms with E-state index in [0.717, 1.165) is 113 Å². The van der Waals surface area contributed by atoms with Gasteiger partial charge in [-0.3, -0.25) is 14.4 Å². The van der Waals surface area contributed by atoms with E-state index < -0.39 is 10.8 Å². The van der Waals surface area contributed by atoms with Crippen molar-refractivity contribution in [3.63, 3.8) is 0 Å². The van der Waals surface area contributed by atoms with Crippen molar-refractivity contribution in [1.29, 1.82) is 0 Å². The highest BCUT2D eigenvalue weighted by molar-refractivity contribution is 6.40. The Morgan fingerprint density at radius 3 is 1.56 bits per heavy atom. The first-order valence-electron chi connectivity index (χ1n) is 28.0. The average Bonchev–Trinajstić information content (AvgIpc) is 3.38. The Bertz CT molecular complexity index is 2410. The van der Waals surface area contributed by atoms with Gasteiger partial charge in [0.25, 0.3) is 0 Å². The van der Waals surface area contributed by atoms with Gasteiger partial charge in [0.1, 0.15) is 5.76 Å². The van der Waals surface area contributed by atoms with Gasteiger partial charge in [0, 0.05) is 77.2 Å². The number of Topliss-reactive ketones (excluding diaryl/α,β-unsaturated/α-hetero) is 1. The van der Waals surface area contributed by atoms with Crippen LogP contribution in [-0.2, 0) is 27.2 Å². The highest BCUT2D eigenvalue weighted by atomic mass is 16.3. The SMILES string of the molecule is CCCCc1ccc([N+](=C2C=CC(=C3C(=O)C(c4ccc(N(CC(CC)CCCC)CC(CC)CCCC)cc4NC(=O)C(C)(C)CC)=C3O)C(NC(=O)C(C)(C)CC)=C2)c2ccc(CCCC)cc2)cc1. The zero-order valence-corrected chi connectivity index (χ0v) is 46.5. The van der Waals surface area contributed by atoms with Gasteiger partial charge in [-0.1, -0.05) is 159 Å². The number of amides is 2. The predicted octanol–water partition coefficient (Wildman–Crippen LogP) is 16.1. The molecule has 2 amide bonds. The third kappa shape index (κ3) is 14.4. The minimum Gasteiger partial charge on any atom is -0.506 e. The molecule has 8 nitrogen and oxygen atoms in total. The maximum Gasteiger partial charge on any atom is 0.230 e. The fourth-order valence-electron chi connectivity index (χ4n) is 9.43. The van der Waals surface area contributed by atoms with Crippen LogP contribution in [0.15, 0.2) is 108 Å². The summed E-state index contributed by atoms with van der Waals surface area (Å²) in [5.74, 6) is 0.196. The first-order valence-corrected chi connectivity index (χ1v) is 28.0. The van der Waals surface area contributed by atoms with Crippen molar-refractivity contribution in [3.05, 3.63) is 124 Å². The maximum atomic E-state index is 14.9. The van der Waals surface area contributed by atoms with Gasteiger partial charge in [0.05, 0.1) is 22.5 Å². The molecule has 2 unspecified atom stereocenters. The predicted molar refractivity (Wildman–Crippen MR) is 306 cm³/mol. The number of benzene rings is 3. The molecule has 72 heavy (non-hydrogen) atoms. The number of unbranched alkanes of at least 4 members (excludes halogenated alkanes) is 4. The van der Waals surface area contributed by atoms with E-state index in [9.17, 15) is 19.5 Å². The molecule has 390 valence electrons. The second kappa shape index (κ2) is 27.0. The van der Waals surface area contributed by atoms with Gasteiger partial charge in [-0.2, -0.15) is 4.58 Å². The van der Waals surface area contributed by atoms with Gasteiger partial charge in [-0.25, -0.2) is 0 Å². The van der Waals surface area contributed by atoms with Crippen molar-refractivity contribution >= 4 is 51.6 Å². The first-order chi connectivity index (χ1) is 34.5. The fraction of sp³-hybridized carbons (Fsp3) is 0.531. The molecule has 2 aliphatic rings. The molecule has 0 fully saturated rings. The minimum absolute atomic E-state index is 0.133. The Kier molecular flexibility index (Phi) is 21.5. The van der Waals surface area contributed by atoms with Crippen LogP contribution in [0.1, 0.15) is 190 Å². The van der Waals surface area contributed by atoms with Gasteiger partial charge >= 0.3 is 0 Å². The van der Waals surface area contributed by atoms with Crippen LogP contribution in [-0.4, -0.2) is 41.5 Å². The summed E-state index contributed by atoms with van der Waals surface area (Å²) in [6.07, 6.45) is 22.6. The molecule has 2 atom stereocenters. The smallest absolute Gasteiger partial charge is 0.230 e. The van der Waals surface area contributed by atoms with Crippen LogP contribution in [0, 0.1) is 22.7 Å². The van der Waals surface area contributed by atoms with Gasteiger partial charge in [0.15, 0.2) is 0 Å². The molecule has 0 aromatic heterocycles. The summed E-state index contributed by atoms with van der Waals surface area (Å²) < 4.78 is 2.18. The molecular formula is C64H91N4O4+. The number of aliphatic hydroxyl groups is 1. The summed E-state index contributed by atoms with van der Waals surface area (Å²) in [5.41, 5.74) is 7.05. The Morgan fingerprint density at radius 2 is 1.11 bits per heavy atom. The Labute approximate surface area is 435 Å². The normalized spacial score (nSPS) is 15.8. The molecule has 0 spiro atoms. The number of hydrogen-bond donors (Lipinski definition) is 3. The van der Waals surface area contributed by atoms with Crippen molar-refractivity contribution in [2.45, 2.75) is 186 Å². The number of nitrogens with zero attached hydrogens (tertiary/aromatic N) is 2. The largest absolute Gasteiger partial charge is 0.506 e. The summed E-state index contributed by atoms with van der Waals surface area (Å²) in [7, 11) is 0. The van der Waals surface area contributed by atoms with Crippen LogP contribution in [0.5, 0.6) is 0 Å². The maximum absolute atomic E-state index is 14.9. The van der Waals surface area contributed by atoms with Crippen LogP contribution >= 0.6 is 0 Å². The topological polar surface area (TPSA) is 102 Å². The lowest BCUT2D eigenvalue weighted by Gasteiger charge is -2.34. The third-order valence-electron chi connectivity index (χ3n) is 15.7. The quantitative estimate of drug-likeness (QED) is 0.0497. The molecule has 0 heterocycles. The number of aliphatic hydroxyl groups excluding tert-OH is 1. The fourth-order valence-corrected chi connectivity index (χ4v) is 9.43. The summed E-state index contributed by atoms with van der Waals surface area (Å²) >= 11 is 0. The van der Waals surface area contributed by atoms with Gasteiger partial charge in [0.2, 0.25) is 34.7 Å². The molecule has 3 aromatic rings. The highest BCUT2D eigenvalue weighted by Gasteiger charge is 2.41. The molecule has 0 bridgehead atoms. The number of carbonyl (C=O) groups excluding carboxylic acids is 3. The molecule has 0 radical (unpaired) electrons. The van der Waals surface area contributed by atoms with E-state index in [0.29, 0.717) is 47.2 Å². The molecule has 0 aliphatic heterocycles. The Hall–Kier alpha value is -5.50. The van der Waals surface area contributed by atoms with E-state index in [2.05, 4.69) is 116 Å². The van der Waals surface area contributed by atoms with Gasteiger partial charge in [-0.15, -0.1) is 0 Å². The summed E-state index contributed by atoms with van der Waals surface area (Å²) in [5, 5.41) is 18.8. The highest BCUT2D eigenvalue weighted by Crippen LogP contribution is 2.44. The van der Waals surface area contributed by atoms with Crippen molar-refractivity contribution in [2.24, 2.45) is 22.7 Å². The van der Waals surface area contributed by atoms with Gasteiger partial charge in [-0.05, 0) is 98.6 Å². The summed E-state index contributed by atoms with van der Waals surface area (Å²) in [4.78, 5) is 45.7. The number of nitrogens with one attached hydrogen (secondary N) is 2. The summed E-state index contributed by atoms with van der Waals surface area (Å²) in [6.45, 7) is 27.0. The lowest BCUT2D eigenvalue weighted by atomic mass is 9.78. The zero-order chi connectivity index (χ0) is 52.6. The van der Waals surface area contributed by atoms with Crippen molar-refractivity contribution in [1.82, 2.24) is 9.89 Å². The van der Waals surface area contributed by atoms with Crippen molar-refractivity contribution in [2.75, 3.05) is 23.3 Å². The first kappa shape index (κ1) is 57.4. The minimum atomic E-state index is -0.706. The van der Waals surface area contributed by atoms with Crippen LogP contribution in [0.25, 0.3) is 5.57 Å². The number of hydrogen-bond acceptors (Lipinski definition) is 5. The number of carbonyl (C=O) groups is 3. The Morgan fingerprint density at radius 1 is 0.625 bits per heavy atom. The van der Waals surface area contributed by atoms with Crippen LogP contribution in [0.3, 0.4) is 0 Å². The van der Waals surface area contributed by atoms with Crippen LogP contribution in [0.2, 0.25) is 0 Å². The number of anilines is 2. The molecule has 2 aliphatic carbocycles. The zero-order valence-electron chi connectivity index (χ0n) is 46.5. The standard InChI is InChI=1S/C64H90N4O4/c1-13-21-25-45(17-5)43-67(44-46(18-6)26-22-14-2)51-37-39-53(55(41-51)65-61(71)63(9,10)19-7)57-59(69)58(60(57)70)54-40-38-52(42-56(54)66-62(72)64(11,12)20-8)68(49-33-29-47(30-34-49)27-23-15-3)50-35-31-48(32-36-50)28-24-16-4/h29-42,45-46H,13-28,43-44H2,1-12H3,(H2,65,66,69,70,71,72)/p+1. The van der Waals surface area contributed by atoms with Crippen LogP contribution < -0.4 is 20.1 Å². The molecule has 0 saturated heterocycles. The summed E-state index contributed by atoms with van der Waals surface area (Å²) in [6, 6.07) is 23.4. The third-order valence-corrected chi connectivity index (χ3v) is 15.7. The molecule has 8 heteroatoms. The number of aryl methyl sites for hydroxylation is 2.